The molecule has 26 heavy (non-hydrogen) atoms. The summed E-state index contributed by atoms with van der Waals surface area (Å²) in [7, 11) is -3.38. The topological polar surface area (TPSA) is 128 Å². The van der Waals surface area contributed by atoms with Gasteiger partial charge in [-0.1, -0.05) is 12.8 Å². The van der Waals surface area contributed by atoms with Crippen LogP contribution in [-0.4, -0.2) is 39.1 Å². The number of sulfonamides is 1. The Hall–Kier alpha value is -2.60. The van der Waals surface area contributed by atoms with Gasteiger partial charge < -0.3 is 10.6 Å². The van der Waals surface area contributed by atoms with Crippen LogP contribution in [0.15, 0.2) is 24.3 Å². The lowest BCUT2D eigenvalue weighted by atomic mass is 9.83. The molecule has 0 aromatic heterocycles. The fourth-order valence-corrected chi connectivity index (χ4v) is 3.59. The Labute approximate surface area is 153 Å². The van der Waals surface area contributed by atoms with E-state index in [4.69, 9.17) is 5.26 Å². The monoisotopic (exact) mass is 378 g/mol. The lowest BCUT2D eigenvalue weighted by molar-refractivity contribution is -0.126. The van der Waals surface area contributed by atoms with Crippen LogP contribution < -0.4 is 15.4 Å². The average Bonchev–Trinajstić information content (AvgIpc) is 2.59. The quantitative estimate of drug-likeness (QED) is 0.636. The number of amides is 2. The van der Waals surface area contributed by atoms with Gasteiger partial charge >= 0.3 is 0 Å². The number of anilines is 1. The molecular formula is C17H22N4O4S. The maximum atomic E-state index is 12.5. The first kappa shape index (κ1) is 19.7. The van der Waals surface area contributed by atoms with Crippen molar-refractivity contribution in [1.29, 1.82) is 5.26 Å². The smallest absolute Gasteiger partial charge is 0.251 e. The molecule has 2 rings (SSSR count). The molecule has 1 aliphatic carbocycles. The molecule has 8 nitrogen and oxygen atoms in total. The van der Waals surface area contributed by atoms with E-state index in [2.05, 4.69) is 15.4 Å². The number of carbonyl (C=O) groups is 2. The molecule has 1 aromatic carbocycles. The molecule has 0 aliphatic heterocycles. The second kappa shape index (κ2) is 8.67. The van der Waals surface area contributed by atoms with Crippen molar-refractivity contribution < 1.29 is 18.0 Å². The Kier molecular flexibility index (Phi) is 6.58. The number of hydrogen-bond acceptors (Lipinski definition) is 5. The molecule has 3 N–H and O–H groups in total. The molecule has 0 saturated heterocycles. The number of rotatable bonds is 6. The predicted molar refractivity (Wildman–Crippen MR) is 96.7 cm³/mol. The molecule has 2 amide bonds. The van der Waals surface area contributed by atoms with E-state index in [0.717, 1.165) is 19.1 Å². The van der Waals surface area contributed by atoms with Crippen LogP contribution in [0.5, 0.6) is 0 Å². The lowest BCUT2D eigenvalue weighted by Gasteiger charge is -2.31. The normalized spacial score (nSPS) is 19.8. The van der Waals surface area contributed by atoms with E-state index >= 15 is 0 Å². The van der Waals surface area contributed by atoms with Crippen molar-refractivity contribution in [3.8, 4) is 6.07 Å². The third-order valence-corrected chi connectivity index (χ3v) is 4.82. The van der Waals surface area contributed by atoms with Crippen LogP contribution in [0.1, 0.15) is 36.0 Å². The van der Waals surface area contributed by atoms with Crippen LogP contribution in [0, 0.1) is 17.2 Å². The van der Waals surface area contributed by atoms with Crippen molar-refractivity contribution in [3.63, 3.8) is 0 Å². The van der Waals surface area contributed by atoms with Crippen LogP contribution in [0.25, 0.3) is 0 Å². The van der Waals surface area contributed by atoms with Crippen LogP contribution in [0.3, 0.4) is 0 Å². The minimum Gasteiger partial charge on any atom is -0.349 e. The highest BCUT2D eigenvalue weighted by Gasteiger charge is 2.32. The van der Waals surface area contributed by atoms with Crippen LogP contribution in [-0.2, 0) is 14.8 Å². The first-order valence-electron chi connectivity index (χ1n) is 8.33. The number of benzene rings is 1. The van der Waals surface area contributed by atoms with Gasteiger partial charge in [-0.15, -0.1) is 0 Å². The summed E-state index contributed by atoms with van der Waals surface area (Å²) in [4.78, 5) is 24.6. The average molecular weight is 378 g/mol. The molecule has 1 saturated carbocycles. The maximum Gasteiger partial charge on any atom is 0.251 e. The van der Waals surface area contributed by atoms with Gasteiger partial charge in [0.2, 0.25) is 15.9 Å². The molecule has 0 radical (unpaired) electrons. The molecule has 2 atom stereocenters. The second-order valence-electron chi connectivity index (χ2n) is 6.30. The molecule has 9 heteroatoms. The highest BCUT2D eigenvalue weighted by atomic mass is 32.2. The summed E-state index contributed by atoms with van der Waals surface area (Å²) in [6.45, 7) is -0.0508. The highest BCUT2D eigenvalue weighted by molar-refractivity contribution is 7.92. The van der Waals surface area contributed by atoms with Gasteiger partial charge in [0.05, 0.1) is 18.2 Å². The van der Waals surface area contributed by atoms with Crippen LogP contribution in [0.2, 0.25) is 0 Å². The van der Waals surface area contributed by atoms with Crippen molar-refractivity contribution in [2.75, 3.05) is 17.5 Å². The highest BCUT2D eigenvalue weighted by Crippen LogP contribution is 2.25. The summed E-state index contributed by atoms with van der Waals surface area (Å²) >= 11 is 0. The van der Waals surface area contributed by atoms with Crippen LogP contribution >= 0.6 is 0 Å². The SMILES string of the molecule is CS(=O)(=O)Nc1ccc(C(=O)N[C@H]2CCCC[C@H]2C(=O)NCC#N)cc1. The Balaban J connectivity index is 2.02. The predicted octanol–water partition coefficient (Wildman–Crippen LogP) is 0.986. The van der Waals surface area contributed by atoms with Crippen molar-refractivity contribution in [3.05, 3.63) is 29.8 Å². The summed E-state index contributed by atoms with van der Waals surface area (Å²) < 4.78 is 24.7. The van der Waals surface area contributed by atoms with E-state index in [1.807, 2.05) is 6.07 Å². The Morgan fingerprint density at radius 3 is 2.46 bits per heavy atom. The zero-order valence-corrected chi connectivity index (χ0v) is 15.3. The maximum absolute atomic E-state index is 12.5. The minimum atomic E-state index is -3.38. The van der Waals surface area contributed by atoms with Crippen molar-refractivity contribution in [1.82, 2.24) is 10.6 Å². The molecule has 0 unspecified atom stereocenters. The van der Waals surface area contributed by atoms with E-state index in [-0.39, 0.29) is 30.3 Å². The number of nitrogens with zero attached hydrogens (tertiary/aromatic N) is 1. The van der Waals surface area contributed by atoms with Crippen molar-refractivity contribution in [2.24, 2.45) is 5.92 Å². The van der Waals surface area contributed by atoms with Crippen LogP contribution in [0.4, 0.5) is 5.69 Å². The standard InChI is InChI=1S/C17H22N4O4S/c1-26(24,25)21-13-8-6-12(7-9-13)16(22)20-15-5-3-2-4-14(15)17(23)19-11-10-18/h6-9,14-15,21H,2-5,11H2,1H3,(H,19,23)(H,20,22)/t14-,15+/m1/s1. The number of nitrogens with one attached hydrogen (secondary N) is 3. The molecular weight excluding hydrogens is 356 g/mol. The largest absolute Gasteiger partial charge is 0.349 e. The molecule has 1 aliphatic rings. The van der Waals surface area contributed by atoms with Gasteiger partial charge in [-0.25, -0.2) is 8.42 Å². The number of nitriles is 1. The fraction of sp³-hybridized carbons (Fsp3) is 0.471. The summed E-state index contributed by atoms with van der Waals surface area (Å²) in [6, 6.07) is 7.65. The fourth-order valence-electron chi connectivity index (χ4n) is 3.03. The Morgan fingerprint density at radius 1 is 1.19 bits per heavy atom. The summed E-state index contributed by atoms with van der Waals surface area (Å²) in [5, 5.41) is 14.0. The molecule has 1 fully saturated rings. The van der Waals surface area contributed by atoms with Gasteiger partial charge in [-0.2, -0.15) is 5.26 Å². The van der Waals surface area contributed by atoms with E-state index in [1.54, 1.807) is 0 Å². The third kappa shape index (κ3) is 5.74. The summed E-state index contributed by atoms with van der Waals surface area (Å²) in [5.74, 6) is -0.891. The van der Waals surface area contributed by atoms with Crippen molar-refractivity contribution in [2.45, 2.75) is 31.7 Å². The van der Waals surface area contributed by atoms with E-state index in [0.29, 0.717) is 24.1 Å². The number of carbonyl (C=O) groups excluding carboxylic acids is 2. The molecule has 0 spiro atoms. The van der Waals surface area contributed by atoms with Gasteiger partial charge in [-0.05, 0) is 37.1 Å². The Bertz CT molecular complexity index is 799. The zero-order valence-electron chi connectivity index (χ0n) is 14.5. The minimum absolute atomic E-state index is 0.0508. The van der Waals surface area contributed by atoms with Gasteiger partial charge in [0.15, 0.2) is 0 Å². The second-order valence-corrected chi connectivity index (χ2v) is 8.05. The van der Waals surface area contributed by atoms with E-state index < -0.39 is 10.0 Å². The van der Waals surface area contributed by atoms with E-state index in [1.165, 1.54) is 24.3 Å². The Morgan fingerprint density at radius 2 is 1.85 bits per heavy atom. The lowest BCUT2D eigenvalue weighted by Crippen LogP contribution is -2.48. The number of hydrogen-bond donors (Lipinski definition) is 3. The summed E-state index contributed by atoms with van der Waals surface area (Å²) in [6.07, 6.45) is 4.24. The molecule has 0 heterocycles. The van der Waals surface area contributed by atoms with E-state index in [9.17, 15) is 18.0 Å². The molecule has 140 valence electrons. The van der Waals surface area contributed by atoms with Gasteiger partial charge in [-0.3, -0.25) is 14.3 Å². The molecule has 0 bridgehead atoms. The first-order valence-corrected chi connectivity index (χ1v) is 10.2. The van der Waals surface area contributed by atoms with Gasteiger partial charge in [0.1, 0.15) is 6.54 Å². The van der Waals surface area contributed by atoms with Gasteiger partial charge in [0.25, 0.3) is 5.91 Å². The molecule has 1 aromatic rings. The van der Waals surface area contributed by atoms with Crippen molar-refractivity contribution >= 4 is 27.5 Å². The summed E-state index contributed by atoms with van der Waals surface area (Å²) in [5.41, 5.74) is 0.751. The third-order valence-electron chi connectivity index (χ3n) is 4.21. The first-order chi connectivity index (χ1) is 12.3. The zero-order chi connectivity index (χ0) is 19.2. The van der Waals surface area contributed by atoms with Gasteiger partial charge in [0, 0.05) is 17.3 Å².